The number of nitrogens with two attached hydrogens (primary N) is 1. The molecular formula is C15H22FNO2. The fourth-order valence-electron chi connectivity index (χ4n) is 2.00. The van der Waals surface area contributed by atoms with Crippen LogP contribution in [-0.4, -0.2) is 18.6 Å². The highest BCUT2D eigenvalue weighted by Gasteiger charge is 2.42. The second kappa shape index (κ2) is 5.29. The van der Waals surface area contributed by atoms with E-state index in [9.17, 15) is 9.18 Å². The standard InChI is InChI=1S/C15H22FNO2/c1-10-6-7-11(8-12(10)16)15(4,14(2,3)17)9-13(18)19-5/h6-8H,9,17H2,1-5H3. The number of carbonyl (C=O) groups excluding carboxylic acids is 1. The molecule has 1 aromatic carbocycles. The lowest BCUT2D eigenvalue weighted by Gasteiger charge is -2.41. The Morgan fingerprint density at radius 1 is 1.37 bits per heavy atom. The van der Waals surface area contributed by atoms with Crippen molar-refractivity contribution in [3.8, 4) is 0 Å². The first kappa shape index (κ1) is 15.6. The molecule has 0 amide bonds. The van der Waals surface area contributed by atoms with Crippen LogP contribution in [0.2, 0.25) is 0 Å². The fraction of sp³-hybridized carbons (Fsp3) is 0.533. The molecule has 0 fully saturated rings. The lowest BCUT2D eigenvalue weighted by atomic mass is 9.66. The Kier molecular flexibility index (Phi) is 4.35. The number of halogens is 1. The highest BCUT2D eigenvalue weighted by atomic mass is 19.1. The molecule has 0 aromatic heterocycles. The van der Waals surface area contributed by atoms with Crippen molar-refractivity contribution in [2.75, 3.05) is 7.11 Å². The van der Waals surface area contributed by atoms with E-state index in [4.69, 9.17) is 10.5 Å². The van der Waals surface area contributed by atoms with Gasteiger partial charge in [0.2, 0.25) is 0 Å². The maximum atomic E-state index is 13.8. The van der Waals surface area contributed by atoms with E-state index in [0.717, 1.165) is 0 Å². The van der Waals surface area contributed by atoms with Crippen molar-refractivity contribution < 1.29 is 13.9 Å². The van der Waals surface area contributed by atoms with Gasteiger partial charge in [0, 0.05) is 11.0 Å². The smallest absolute Gasteiger partial charge is 0.306 e. The Balaban J connectivity index is 3.31. The van der Waals surface area contributed by atoms with Gasteiger partial charge in [0.15, 0.2) is 0 Å². The Morgan fingerprint density at radius 2 is 1.95 bits per heavy atom. The van der Waals surface area contributed by atoms with Gasteiger partial charge in [-0.1, -0.05) is 19.1 Å². The average molecular weight is 267 g/mol. The molecule has 0 aliphatic heterocycles. The minimum Gasteiger partial charge on any atom is -0.469 e. The van der Waals surface area contributed by atoms with Gasteiger partial charge in [-0.25, -0.2) is 4.39 Å². The molecule has 3 nitrogen and oxygen atoms in total. The van der Waals surface area contributed by atoms with Crippen molar-refractivity contribution in [3.05, 3.63) is 35.1 Å². The molecule has 1 rings (SSSR count). The van der Waals surface area contributed by atoms with Crippen LogP contribution in [0.5, 0.6) is 0 Å². The minimum absolute atomic E-state index is 0.107. The zero-order valence-corrected chi connectivity index (χ0v) is 12.2. The SMILES string of the molecule is COC(=O)CC(C)(c1ccc(C)c(F)c1)C(C)(C)N. The Morgan fingerprint density at radius 3 is 2.37 bits per heavy atom. The molecule has 0 saturated carbocycles. The molecule has 4 heteroatoms. The lowest BCUT2D eigenvalue weighted by Crippen LogP contribution is -2.53. The van der Waals surface area contributed by atoms with Crippen LogP contribution in [0.3, 0.4) is 0 Å². The molecule has 0 radical (unpaired) electrons. The Labute approximate surface area is 113 Å². The van der Waals surface area contributed by atoms with Crippen LogP contribution in [0.1, 0.15) is 38.3 Å². The third-order valence-corrected chi connectivity index (χ3v) is 3.96. The van der Waals surface area contributed by atoms with Crippen molar-refractivity contribution in [2.24, 2.45) is 5.73 Å². The summed E-state index contributed by atoms with van der Waals surface area (Å²) in [6.07, 6.45) is 0.107. The molecule has 0 spiro atoms. The molecule has 106 valence electrons. The first-order valence-corrected chi connectivity index (χ1v) is 6.24. The number of hydrogen-bond donors (Lipinski definition) is 1. The van der Waals surface area contributed by atoms with Gasteiger partial charge < -0.3 is 10.5 Å². The number of ether oxygens (including phenoxy) is 1. The third-order valence-electron chi connectivity index (χ3n) is 3.96. The Hall–Kier alpha value is -1.42. The van der Waals surface area contributed by atoms with Crippen LogP contribution in [0.25, 0.3) is 0 Å². The number of benzene rings is 1. The van der Waals surface area contributed by atoms with Gasteiger partial charge in [-0.15, -0.1) is 0 Å². The zero-order chi connectivity index (χ0) is 14.8. The molecule has 0 bridgehead atoms. The highest BCUT2D eigenvalue weighted by molar-refractivity contribution is 5.71. The van der Waals surface area contributed by atoms with E-state index in [1.165, 1.54) is 13.2 Å². The molecule has 19 heavy (non-hydrogen) atoms. The summed E-state index contributed by atoms with van der Waals surface area (Å²) in [5, 5.41) is 0. The average Bonchev–Trinajstić information content (AvgIpc) is 2.30. The van der Waals surface area contributed by atoms with Gasteiger partial charge in [0.05, 0.1) is 13.5 Å². The summed E-state index contributed by atoms with van der Waals surface area (Å²) in [5.41, 5.74) is 6.09. The molecule has 1 atom stereocenters. The zero-order valence-electron chi connectivity index (χ0n) is 12.2. The number of carbonyl (C=O) groups is 1. The van der Waals surface area contributed by atoms with Gasteiger partial charge in [-0.2, -0.15) is 0 Å². The van der Waals surface area contributed by atoms with Gasteiger partial charge in [0.25, 0.3) is 0 Å². The monoisotopic (exact) mass is 267 g/mol. The van der Waals surface area contributed by atoms with Crippen molar-refractivity contribution in [3.63, 3.8) is 0 Å². The van der Waals surface area contributed by atoms with E-state index >= 15 is 0 Å². The molecule has 0 saturated heterocycles. The quantitative estimate of drug-likeness (QED) is 0.853. The maximum Gasteiger partial charge on any atom is 0.306 e. The van der Waals surface area contributed by atoms with Crippen molar-refractivity contribution in [2.45, 2.75) is 45.1 Å². The van der Waals surface area contributed by atoms with Crippen LogP contribution in [0.4, 0.5) is 4.39 Å². The van der Waals surface area contributed by atoms with Crippen molar-refractivity contribution in [1.29, 1.82) is 0 Å². The third kappa shape index (κ3) is 3.13. The molecule has 1 unspecified atom stereocenters. The highest BCUT2D eigenvalue weighted by Crippen LogP contribution is 2.37. The van der Waals surface area contributed by atoms with E-state index in [0.29, 0.717) is 11.1 Å². The van der Waals surface area contributed by atoms with Crippen molar-refractivity contribution >= 4 is 5.97 Å². The Bertz CT molecular complexity index is 480. The van der Waals surface area contributed by atoms with E-state index in [1.807, 2.05) is 26.8 Å². The fourth-order valence-corrected chi connectivity index (χ4v) is 2.00. The van der Waals surface area contributed by atoms with E-state index in [2.05, 4.69) is 0 Å². The van der Waals surface area contributed by atoms with Crippen LogP contribution >= 0.6 is 0 Å². The second-order valence-electron chi connectivity index (χ2n) is 5.77. The molecule has 0 aliphatic rings. The second-order valence-corrected chi connectivity index (χ2v) is 5.77. The predicted octanol–water partition coefficient (Wildman–Crippen LogP) is 2.69. The summed E-state index contributed by atoms with van der Waals surface area (Å²) in [6, 6.07) is 4.97. The summed E-state index contributed by atoms with van der Waals surface area (Å²) in [4.78, 5) is 11.6. The summed E-state index contributed by atoms with van der Waals surface area (Å²) < 4.78 is 18.5. The number of hydrogen-bond acceptors (Lipinski definition) is 3. The van der Waals surface area contributed by atoms with E-state index in [-0.39, 0.29) is 18.2 Å². The van der Waals surface area contributed by atoms with Crippen LogP contribution in [0.15, 0.2) is 18.2 Å². The van der Waals surface area contributed by atoms with Gasteiger partial charge >= 0.3 is 5.97 Å². The number of aryl methyl sites for hydroxylation is 1. The van der Waals surface area contributed by atoms with Gasteiger partial charge in [-0.05, 0) is 38.0 Å². The lowest BCUT2D eigenvalue weighted by molar-refractivity contribution is -0.142. The minimum atomic E-state index is -0.700. The normalized spacial score (nSPS) is 14.9. The molecule has 0 heterocycles. The van der Waals surface area contributed by atoms with Crippen LogP contribution < -0.4 is 5.73 Å². The molecular weight excluding hydrogens is 245 g/mol. The van der Waals surface area contributed by atoms with Gasteiger partial charge in [-0.3, -0.25) is 4.79 Å². The number of methoxy groups -OCH3 is 1. The topological polar surface area (TPSA) is 52.3 Å². The predicted molar refractivity (Wildman–Crippen MR) is 73.4 cm³/mol. The summed E-state index contributed by atoms with van der Waals surface area (Å²) >= 11 is 0. The van der Waals surface area contributed by atoms with E-state index < -0.39 is 11.0 Å². The molecule has 0 aliphatic carbocycles. The first-order chi connectivity index (χ1) is 8.61. The largest absolute Gasteiger partial charge is 0.469 e. The number of rotatable bonds is 4. The first-order valence-electron chi connectivity index (χ1n) is 6.24. The summed E-state index contributed by atoms with van der Waals surface area (Å²) in [7, 11) is 1.34. The number of esters is 1. The molecule has 2 N–H and O–H groups in total. The van der Waals surface area contributed by atoms with Crippen LogP contribution in [-0.2, 0) is 14.9 Å². The van der Waals surface area contributed by atoms with Crippen LogP contribution in [0, 0.1) is 12.7 Å². The van der Waals surface area contributed by atoms with E-state index in [1.54, 1.807) is 13.0 Å². The maximum absolute atomic E-state index is 13.8. The summed E-state index contributed by atoms with van der Waals surface area (Å²) in [6.45, 7) is 7.21. The molecule has 1 aromatic rings. The van der Waals surface area contributed by atoms with Gasteiger partial charge in [0.1, 0.15) is 5.82 Å². The van der Waals surface area contributed by atoms with Crippen molar-refractivity contribution in [1.82, 2.24) is 0 Å². The summed E-state index contributed by atoms with van der Waals surface area (Å²) in [5.74, 6) is -0.653.